The maximum absolute atomic E-state index is 13.6. The largest absolute Gasteiger partial charge is 0.484 e. The molecule has 4 unspecified atom stereocenters. The quantitative estimate of drug-likeness (QED) is 0.431. The van der Waals surface area contributed by atoms with Crippen LogP contribution in [0.2, 0.25) is 0 Å². The molecule has 1 N–H and O–H groups in total. The number of benzene rings is 2. The molecular formula is C24H20FN3O4. The number of ether oxygens (including phenoxy) is 1. The molecule has 2 fully saturated rings. The van der Waals surface area contributed by atoms with Gasteiger partial charge >= 0.3 is 0 Å². The molecule has 1 saturated carbocycles. The normalized spacial score (nSPS) is 25.6. The summed E-state index contributed by atoms with van der Waals surface area (Å²) in [5, 5.41) is 7.58. The van der Waals surface area contributed by atoms with E-state index in [9.17, 15) is 18.8 Å². The lowest BCUT2D eigenvalue weighted by Gasteiger charge is -2.13. The standard InChI is InChI=1S/C24H20FN3O4/c25-18-3-1-2-4-19(18)27-20(29)13-32-17-9-5-14(6-10-17)12-26-28-23(30)21-15-7-8-16(11-15)22(21)24(28)31/h1-10,12,15-16,21-22H,11,13H2,(H,27,29). The van der Waals surface area contributed by atoms with E-state index in [1.54, 1.807) is 30.3 Å². The molecule has 2 aromatic carbocycles. The van der Waals surface area contributed by atoms with Crippen LogP contribution in [0.4, 0.5) is 10.1 Å². The fourth-order valence-electron chi connectivity index (χ4n) is 4.67. The van der Waals surface area contributed by atoms with Crippen LogP contribution in [0.25, 0.3) is 0 Å². The molecule has 0 radical (unpaired) electrons. The van der Waals surface area contributed by atoms with E-state index in [0.717, 1.165) is 11.4 Å². The molecule has 2 aliphatic carbocycles. The molecule has 8 heteroatoms. The maximum atomic E-state index is 13.6. The van der Waals surface area contributed by atoms with Gasteiger partial charge in [-0.05, 0) is 60.2 Å². The summed E-state index contributed by atoms with van der Waals surface area (Å²) >= 11 is 0. The molecule has 4 atom stereocenters. The number of fused-ring (bicyclic) bond motifs is 5. The minimum absolute atomic E-state index is 0.0894. The van der Waals surface area contributed by atoms with Gasteiger partial charge in [-0.15, -0.1) is 0 Å². The van der Waals surface area contributed by atoms with Gasteiger partial charge in [-0.2, -0.15) is 10.1 Å². The molecule has 3 aliphatic rings. The molecule has 162 valence electrons. The number of allylic oxidation sites excluding steroid dienone is 2. The SMILES string of the molecule is O=C(COc1ccc(C=NN2C(=O)C3C4C=CC(C4)C3C2=O)cc1)Nc1ccccc1F. The van der Waals surface area contributed by atoms with E-state index in [1.807, 2.05) is 12.2 Å². The van der Waals surface area contributed by atoms with Crippen LogP contribution < -0.4 is 10.1 Å². The van der Waals surface area contributed by atoms with Crippen molar-refractivity contribution < 1.29 is 23.5 Å². The van der Waals surface area contributed by atoms with Crippen molar-refractivity contribution in [2.24, 2.45) is 28.8 Å². The second kappa shape index (κ2) is 8.03. The van der Waals surface area contributed by atoms with Crippen molar-refractivity contribution in [3.05, 3.63) is 72.1 Å². The Balaban J connectivity index is 1.16. The summed E-state index contributed by atoms with van der Waals surface area (Å²) < 4.78 is 19.0. The fraction of sp³-hybridized carbons (Fsp3) is 0.250. The van der Waals surface area contributed by atoms with Crippen LogP contribution in [0.15, 0.2) is 65.8 Å². The van der Waals surface area contributed by atoms with E-state index in [-0.39, 0.29) is 47.8 Å². The first kappa shape index (κ1) is 20.1. The van der Waals surface area contributed by atoms with E-state index in [4.69, 9.17) is 4.74 Å². The molecule has 7 nitrogen and oxygen atoms in total. The molecule has 2 bridgehead atoms. The van der Waals surface area contributed by atoms with E-state index in [0.29, 0.717) is 11.3 Å². The Kier molecular flexibility index (Phi) is 5.05. The molecule has 32 heavy (non-hydrogen) atoms. The highest BCUT2D eigenvalue weighted by Gasteiger charge is 2.59. The number of hydrogen-bond acceptors (Lipinski definition) is 5. The van der Waals surface area contributed by atoms with Crippen LogP contribution in [0, 0.1) is 29.5 Å². The summed E-state index contributed by atoms with van der Waals surface area (Å²) in [7, 11) is 0. The number of halogens is 1. The molecule has 1 saturated heterocycles. The Hall–Kier alpha value is -3.81. The summed E-state index contributed by atoms with van der Waals surface area (Å²) in [5.74, 6) is -1.28. The second-order valence-corrected chi connectivity index (χ2v) is 8.12. The highest BCUT2D eigenvalue weighted by Crippen LogP contribution is 2.52. The van der Waals surface area contributed by atoms with Crippen LogP contribution in [0.3, 0.4) is 0 Å². The number of nitrogens with one attached hydrogen (secondary N) is 1. The second-order valence-electron chi connectivity index (χ2n) is 8.12. The van der Waals surface area contributed by atoms with Gasteiger partial charge < -0.3 is 10.1 Å². The third-order valence-electron chi connectivity index (χ3n) is 6.17. The van der Waals surface area contributed by atoms with E-state index < -0.39 is 11.7 Å². The predicted molar refractivity (Wildman–Crippen MR) is 114 cm³/mol. The van der Waals surface area contributed by atoms with Gasteiger partial charge in [0.05, 0.1) is 23.7 Å². The van der Waals surface area contributed by atoms with Crippen LogP contribution in [-0.4, -0.2) is 35.6 Å². The van der Waals surface area contributed by atoms with Gasteiger partial charge in [0.1, 0.15) is 11.6 Å². The Morgan fingerprint density at radius 2 is 1.72 bits per heavy atom. The number of anilines is 1. The molecule has 2 aromatic rings. The lowest BCUT2D eigenvalue weighted by molar-refractivity contribution is -0.140. The average Bonchev–Trinajstić information content (AvgIpc) is 3.48. The van der Waals surface area contributed by atoms with Gasteiger partial charge in [-0.3, -0.25) is 14.4 Å². The third-order valence-corrected chi connectivity index (χ3v) is 6.17. The van der Waals surface area contributed by atoms with Crippen LogP contribution in [0.1, 0.15) is 12.0 Å². The number of carbonyl (C=O) groups is 3. The lowest BCUT2D eigenvalue weighted by Crippen LogP contribution is -2.28. The van der Waals surface area contributed by atoms with Gasteiger partial charge in [0.15, 0.2) is 6.61 Å². The summed E-state index contributed by atoms with van der Waals surface area (Å²) in [6.45, 7) is -0.280. The molecular weight excluding hydrogens is 413 g/mol. The van der Waals surface area contributed by atoms with Crippen LogP contribution in [0.5, 0.6) is 5.75 Å². The van der Waals surface area contributed by atoms with Gasteiger partial charge in [0.25, 0.3) is 17.7 Å². The summed E-state index contributed by atoms with van der Waals surface area (Å²) in [6, 6.07) is 12.6. The molecule has 1 heterocycles. The number of carbonyl (C=O) groups excluding carboxylic acids is 3. The summed E-state index contributed by atoms with van der Waals surface area (Å²) in [4.78, 5) is 37.2. The van der Waals surface area contributed by atoms with Crippen molar-refractivity contribution in [2.45, 2.75) is 6.42 Å². The number of imide groups is 1. The molecule has 1 aliphatic heterocycles. The van der Waals surface area contributed by atoms with E-state index in [2.05, 4.69) is 10.4 Å². The highest BCUT2D eigenvalue weighted by molar-refractivity contribution is 6.06. The fourth-order valence-corrected chi connectivity index (χ4v) is 4.67. The minimum Gasteiger partial charge on any atom is -0.484 e. The monoisotopic (exact) mass is 433 g/mol. The smallest absolute Gasteiger partial charge is 0.262 e. The zero-order valence-electron chi connectivity index (χ0n) is 17.0. The van der Waals surface area contributed by atoms with E-state index in [1.165, 1.54) is 24.4 Å². The van der Waals surface area contributed by atoms with Gasteiger partial charge in [-0.1, -0.05) is 24.3 Å². The molecule has 0 spiro atoms. The first-order valence-electron chi connectivity index (χ1n) is 10.4. The van der Waals surface area contributed by atoms with Gasteiger partial charge in [0.2, 0.25) is 0 Å². The number of hydrogen-bond donors (Lipinski definition) is 1. The Morgan fingerprint density at radius 3 is 2.38 bits per heavy atom. The van der Waals surface area contributed by atoms with Crippen molar-refractivity contribution in [1.82, 2.24) is 5.01 Å². The Morgan fingerprint density at radius 1 is 1.06 bits per heavy atom. The van der Waals surface area contributed by atoms with E-state index >= 15 is 0 Å². The van der Waals surface area contributed by atoms with Gasteiger partial charge in [-0.25, -0.2) is 4.39 Å². The summed E-state index contributed by atoms with van der Waals surface area (Å²) in [6.07, 6.45) is 6.42. The van der Waals surface area contributed by atoms with Crippen molar-refractivity contribution in [3.63, 3.8) is 0 Å². The third kappa shape index (κ3) is 3.57. The molecule has 5 rings (SSSR count). The van der Waals surface area contributed by atoms with Crippen LogP contribution in [-0.2, 0) is 14.4 Å². The molecule has 3 amide bonds. The zero-order chi connectivity index (χ0) is 22.2. The first-order chi connectivity index (χ1) is 15.5. The Bertz CT molecular complexity index is 1110. The first-order valence-corrected chi connectivity index (χ1v) is 10.4. The van der Waals surface area contributed by atoms with Gasteiger partial charge in [0, 0.05) is 0 Å². The number of rotatable bonds is 6. The zero-order valence-corrected chi connectivity index (χ0v) is 17.0. The van der Waals surface area contributed by atoms with Crippen LogP contribution >= 0.6 is 0 Å². The number of nitrogens with zero attached hydrogens (tertiary/aromatic N) is 2. The van der Waals surface area contributed by atoms with Crippen molar-refractivity contribution >= 4 is 29.6 Å². The minimum atomic E-state index is -0.521. The predicted octanol–water partition coefficient (Wildman–Crippen LogP) is 2.98. The average molecular weight is 433 g/mol. The Labute approximate surface area is 183 Å². The van der Waals surface area contributed by atoms with Crippen molar-refractivity contribution in [2.75, 3.05) is 11.9 Å². The number of amides is 3. The summed E-state index contributed by atoms with van der Waals surface area (Å²) in [5.41, 5.74) is 0.763. The topological polar surface area (TPSA) is 88.1 Å². The lowest BCUT2D eigenvalue weighted by atomic mass is 9.85. The van der Waals surface area contributed by atoms with Crippen molar-refractivity contribution in [1.29, 1.82) is 0 Å². The highest BCUT2D eigenvalue weighted by atomic mass is 19.1. The number of para-hydroxylation sites is 1. The number of hydrazone groups is 1. The molecule has 0 aromatic heterocycles. The maximum Gasteiger partial charge on any atom is 0.262 e. The van der Waals surface area contributed by atoms with Crippen molar-refractivity contribution in [3.8, 4) is 5.75 Å².